The van der Waals surface area contributed by atoms with E-state index in [-0.39, 0.29) is 6.17 Å². The van der Waals surface area contributed by atoms with Crippen molar-refractivity contribution in [3.8, 4) is 0 Å². The van der Waals surface area contributed by atoms with Crippen molar-refractivity contribution in [3.63, 3.8) is 0 Å². The van der Waals surface area contributed by atoms with Crippen LogP contribution in [-0.4, -0.2) is 12.5 Å². The van der Waals surface area contributed by atoms with Gasteiger partial charge in [-0.05, 0) is 18.9 Å². The standard InChI is InChI=1S/C9H12ClN3/c1-3-6-5(2)7-8(10)11-4-12-9(7)13-6/h4,9,13H,3H2,1-2H3,(H,11,12). The normalized spacial score (nSPS) is 25.9. The van der Waals surface area contributed by atoms with Crippen molar-refractivity contribution < 1.29 is 0 Å². The first kappa shape index (κ1) is 8.63. The Morgan fingerprint density at radius 1 is 1.62 bits per heavy atom. The van der Waals surface area contributed by atoms with Crippen molar-refractivity contribution in [2.24, 2.45) is 4.99 Å². The summed E-state index contributed by atoms with van der Waals surface area (Å²) in [6, 6.07) is 0. The Kier molecular flexibility index (Phi) is 2.04. The molecule has 0 radical (unpaired) electrons. The molecule has 2 heterocycles. The van der Waals surface area contributed by atoms with Gasteiger partial charge in [0.1, 0.15) is 11.3 Å². The first-order valence-corrected chi connectivity index (χ1v) is 4.76. The van der Waals surface area contributed by atoms with Gasteiger partial charge >= 0.3 is 0 Å². The van der Waals surface area contributed by atoms with E-state index in [9.17, 15) is 0 Å². The Morgan fingerprint density at radius 2 is 2.38 bits per heavy atom. The van der Waals surface area contributed by atoms with Crippen LogP contribution in [0.25, 0.3) is 0 Å². The molecule has 0 spiro atoms. The van der Waals surface area contributed by atoms with Crippen LogP contribution in [0.4, 0.5) is 0 Å². The van der Waals surface area contributed by atoms with E-state index in [2.05, 4.69) is 29.5 Å². The van der Waals surface area contributed by atoms with Crippen LogP contribution >= 0.6 is 11.6 Å². The van der Waals surface area contributed by atoms with Crippen LogP contribution in [0.2, 0.25) is 0 Å². The highest BCUT2D eigenvalue weighted by molar-refractivity contribution is 6.30. The molecule has 0 aromatic rings. The molecule has 2 rings (SSSR count). The summed E-state index contributed by atoms with van der Waals surface area (Å²) in [5.41, 5.74) is 3.55. The maximum atomic E-state index is 6.00. The Bertz CT molecular complexity index is 328. The van der Waals surface area contributed by atoms with Crippen molar-refractivity contribution >= 4 is 17.9 Å². The number of allylic oxidation sites excluding steroid dienone is 1. The van der Waals surface area contributed by atoms with E-state index in [0.29, 0.717) is 5.16 Å². The Balaban J connectivity index is 2.43. The Hall–Kier alpha value is -0.960. The van der Waals surface area contributed by atoms with E-state index in [4.69, 9.17) is 11.6 Å². The Labute approximate surface area is 82.6 Å². The van der Waals surface area contributed by atoms with Gasteiger partial charge in [-0.2, -0.15) is 0 Å². The first-order chi connectivity index (χ1) is 6.24. The molecular formula is C9H12ClN3. The van der Waals surface area contributed by atoms with Crippen molar-refractivity contribution in [2.45, 2.75) is 26.4 Å². The number of nitrogens with one attached hydrogen (secondary N) is 2. The third-order valence-corrected chi connectivity index (χ3v) is 2.76. The van der Waals surface area contributed by atoms with E-state index in [1.807, 2.05) is 0 Å². The molecule has 0 bridgehead atoms. The fraction of sp³-hybridized carbons (Fsp3) is 0.444. The van der Waals surface area contributed by atoms with Crippen molar-refractivity contribution in [3.05, 3.63) is 22.0 Å². The minimum absolute atomic E-state index is 0.125. The lowest BCUT2D eigenvalue weighted by atomic mass is 10.1. The predicted molar refractivity (Wildman–Crippen MR) is 54.4 cm³/mol. The molecular weight excluding hydrogens is 186 g/mol. The maximum Gasteiger partial charge on any atom is 0.138 e. The van der Waals surface area contributed by atoms with E-state index in [1.165, 1.54) is 11.3 Å². The lowest BCUT2D eigenvalue weighted by Gasteiger charge is -2.18. The monoisotopic (exact) mass is 197 g/mol. The molecule has 70 valence electrons. The van der Waals surface area contributed by atoms with Crippen LogP contribution in [0.3, 0.4) is 0 Å². The molecule has 0 aromatic heterocycles. The highest BCUT2D eigenvalue weighted by Gasteiger charge is 2.28. The quantitative estimate of drug-likeness (QED) is 0.628. The zero-order valence-electron chi connectivity index (χ0n) is 7.69. The van der Waals surface area contributed by atoms with E-state index in [1.54, 1.807) is 6.34 Å². The number of halogens is 1. The summed E-state index contributed by atoms with van der Waals surface area (Å²) in [6.07, 6.45) is 2.76. The van der Waals surface area contributed by atoms with Gasteiger partial charge < -0.3 is 10.6 Å². The molecule has 1 unspecified atom stereocenters. The zero-order valence-corrected chi connectivity index (χ0v) is 8.44. The van der Waals surface area contributed by atoms with Gasteiger partial charge in [0.15, 0.2) is 0 Å². The number of aliphatic imine (C=N–C) groups is 1. The molecule has 0 aromatic carbocycles. The summed E-state index contributed by atoms with van der Waals surface area (Å²) >= 11 is 6.00. The summed E-state index contributed by atoms with van der Waals surface area (Å²) in [4.78, 5) is 4.03. The van der Waals surface area contributed by atoms with Crippen LogP contribution in [-0.2, 0) is 0 Å². The number of fused-ring (bicyclic) bond motifs is 1. The molecule has 4 heteroatoms. The minimum atomic E-state index is 0.125. The van der Waals surface area contributed by atoms with E-state index >= 15 is 0 Å². The lowest BCUT2D eigenvalue weighted by Crippen LogP contribution is -2.40. The number of rotatable bonds is 1. The molecule has 0 fully saturated rings. The lowest BCUT2D eigenvalue weighted by molar-refractivity contribution is 0.630. The fourth-order valence-electron chi connectivity index (χ4n) is 1.74. The highest BCUT2D eigenvalue weighted by atomic mass is 35.5. The van der Waals surface area contributed by atoms with Gasteiger partial charge in [0.05, 0.1) is 6.34 Å². The smallest absolute Gasteiger partial charge is 0.138 e. The van der Waals surface area contributed by atoms with E-state index in [0.717, 1.165) is 12.0 Å². The molecule has 3 nitrogen and oxygen atoms in total. The van der Waals surface area contributed by atoms with Crippen LogP contribution in [0, 0.1) is 0 Å². The SMILES string of the molecule is CCC1=C(C)C2=C(Cl)N=CNC2N1. The molecule has 0 saturated heterocycles. The average molecular weight is 198 g/mol. The Morgan fingerprint density at radius 3 is 3.00 bits per heavy atom. The largest absolute Gasteiger partial charge is 0.365 e. The second-order valence-electron chi connectivity index (χ2n) is 3.16. The highest BCUT2D eigenvalue weighted by Crippen LogP contribution is 2.31. The van der Waals surface area contributed by atoms with Crippen molar-refractivity contribution in [2.75, 3.05) is 0 Å². The summed E-state index contributed by atoms with van der Waals surface area (Å²) in [6.45, 7) is 4.20. The van der Waals surface area contributed by atoms with E-state index < -0.39 is 0 Å². The van der Waals surface area contributed by atoms with Gasteiger partial charge in [-0.1, -0.05) is 18.5 Å². The second kappa shape index (κ2) is 3.07. The molecule has 2 N–H and O–H groups in total. The molecule has 0 saturated carbocycles. The third kappa shape index (κ3) is 1.23. The number of nitrogens with zero attached hydrogens (tertiary/aromatic N) is 1. The average Bonchev–Trinajstić information content (AvgIpc) is 2.44. The molecule has 2 aliphatic rings. The summed E-state index contributed by atoms with van der Waals surface area (Å²) in [5.74, 6) is 0. The van der Waals surface area contributed by atoms with Crippen LogP contribution in [0.15, 0.2) is 27.0 Å². The molecule has 1 atom stereocenters. The first-order valence-electron chi connectivity index (χ1n) is 4.39. The van der Waals surface area contributed by atoms with Gasteiger partial charge in [-0.15, -0.1) is 0 Å². The number of hydrogen-bond donors (Lipinski definition) is 2. The van der Waals surface area contributed by atoms with Gasteiger partial charge in [-0.3, -0.25) is 0 Å². The van der Waals surface area contributed by atoms with Crippen molar-refractivity contribution in [1.82, 2.24) is 10.6 Å². The molecule has 13 heavy (non-hydrogen) atoms. The summed E-state index contributed by atoms with van der Waals surface area (Å²) in [7, 11) is 0. The summed E-state index contributed by atoms with van der Waals surface area (Å²) < 4.78 is 0. The van der Waals surface area contributed by atoms with Gasteiger partial charge in [0, 0.05) is 11.3 Å². The van der Waals surface area contributed by atoms with Gasteiger partial charge in [-0.25, -0.2) is 4.99 Å². The molecule has 2 aliphatic heterocycles. The maximum absolute atomic E-state index is 6.00. The number of hydrogen-bond acceptors (Lipinski definition) is 3. The molecule has 0 aliphatic carbocycles. The van der Waals surface area contributed by atoms with Crippen LogP contribution < -0.4 is 10.6 Å². The second-order valence-corrected chi connectivity index (χ2v) is 3.52. The van der Waals surface area contributed by atoms with Crippen LogP contribution in [0.5, 0.6) is 0 Å². The fourth-order valence-corrected chi connectivity index (χ4v) is 2.04. The zero-order chi connectivity index (χ0) is 9.42. The summed E-state index contributed by atoms with van der Waals surface area (Å²) in [5, 5.41) is 7.07. The van der Waals surface area contributed by atoms with Crippen LogP contribution in [0.1, 0.15) is 20.3 Å². The van der Waals surface area contributed by atoms with Gasteiger partial charge in [0.2, 0.25) is 0 Å². The molecule has 0 amide bonds. The predicted octanol–water partition coefficient (Wildman–Crippen LogP) is 1.68. The topological polar surface area (TPSA) is 36.4 Å². The third-order valence-electron chi connectivity index (χ3n) is 2.46. The van der Waals surface area contributed by atoms with Crippen molar-refractivity contribution in [1.29, 1.82) is 0 Å². The minimum Gasteiger partial charge on any atom is -0.365 e. The van der Waals surface area contributed by atoms with Gasteiger partial charge in [0.25, 0.3) is 0 Å².